The lowest BCUT2D eigenvalue weighted by Gasteiger charge is -2.04. The number of rotatable bonds is 3. The summed E-state index contributed by atoms with van der Waals surface area (Å²) in [6.07, 6.45) is 8.24. The molecule has 3 aromatic heterocycles. The first kappa shape index (κ1) is 12.0. The molecule has 3 heterocycles. The summed E-state index contributed by atoms with van der Waals surface area (Å²) in [6.45, 7) is 0. The zero-order valence-corrected chi connectivity index (χ0v) is 10.7. The Kier molecular flexibility index (Phi) is 2.96. The van der Waals surface area contributed by atoms with Gasteiger partial charge in [-0.25, -0.2) is 19.9 Å². The van der Waals surface area contributed by atoms with Crippen LogP contribution in [0.1, 0.15) is 0 Å². The fourth-order valence-corrected chi connectivity index (χ4v) is 1.65. The zero-order valence-electron chi connectivity index (χ0n) is 10.7. The Balaban J connectivity index is 1.87. The van der Waals surface area contributed by atoms with Gasteiger partial charge in [-0.15, -0.1) is 0 Å². The molecule has 20 heavy (non-hydrogen) atoms. The molecule has 3 N–H and O–H groups in total. The maximum atomic E-state index is 5.51. The number of hydrogen-bond acceptors (Lipinski definition) is 7. The van der Waals surface area contributed by atoms with Gasteiger partial charge in [0.05, 0.1) is 30.0 Å². The van der Waals surface area contributed by atoms with E-state index in [1.54, 1.807) is 29.3 Å². The van der Waals surface area contributed by atoms with Crippen LogP contribution in [0.15, 0.2) is 37.1 Å². The summed E-state index contributed by atoms with van der Waals surface area (Å²) in [5.41, 5.74) is 7.62. The second-order valence-corrected chi connectivity index (χ2v) is 4.12. The minimum atomic E-state index is 0.372. The normalized spacial score (nSPS) is 10.4. The van der Waals surface area contributed by atoms with Crippen LogP contribution >= 0.6 is 0 Å². The smallest absolute Gasteiger partial charge is 0.227 e. The van der Waals surface area contributed by atoms with E-state index in [-0.39, 0.29) is 0 Å². The molecule has 0 amide bonds. The molecule has 3 aromatic rings. The van der Waals surface area contributed by atoms with Crippen molar-refractivity contribution in [2.45, 2.75) is 0 Å². The van der Waals surface area contributed by atoms with Gasteiger partial charge in [0.15, 0.2) is 0 Å². The molecule has 0 aliphatic heterocycles. The first-order valence-corrected chi connectivity index (χ1v) is 5.87. The second kappa shape index (κ2) is 4.92. The van der Waals surface area contributed by atoms with Crippen LogP contribution < -0.4 is 11.1 Å². The molecule has 0 saturated carbocycles. The lowest BCUT2D eigenvalue weighted by atomic mass is 10.3. The Morgan fingerprint density at radius 3 is 2.70 bits per heavy atom. The molecule has 8 nitrogen and oxygen atoms in total. The lowest BCUT2D eigenvalue weighted by molar-refractivity contribution is 0.768. The highest BCUT2D eigenvalue weighted by molar-refractivity contribution is 5.57. The average molecular weight is 268 g/mol. The Bertz CT molecular complexity index is 718. The minimum absolute atomic E-state index is 0.372. The minimum Gasteiger partial charge on any atom is -0.382 e. The summed E-state index contributed by atoms with van der Waals surface area (Å²) in [5.74, 6) is 0.839. The van der Waals surface area contributed by atoms with E-state index in [9.17, 15) is 0 Å². The molecule has 0 unspecified atom stereocenters. The van der Waals surface area contributed by atoms with Gasteiger partial charge >= 0.3 is 0 Å². The summed E-state index contributed by atoms with van der Waals surface area (Å²) in [6, 6.07) is 1.76. The molecule has 0 aliphatic rings. The van der Waals surface area contributed by atoms with Crippen LogP contribution in [0.3, 0.4) is 0 Å². The van der Waals surface area contributed by atoms with Gasteiger partial charge in [0.2, 0.25) is 5.95 Å². The maximum absolute atomic E-state index is 5.51. The molecule has 0 radical (unpaired) electrons. The molecule has 8 heteroatoms. The van der Waals surface area contributed by atoms with Crippen molar-refractivity contribution in [3.63, 3.8) is 0 Å². The van der Waals surface area contributed by atoms with Gasteiger partial charge < -0.3 is 11.1 Å². The number of hydrogen-bond donors (Lipinski definition) is 2. The Morgan fingerprint density at radius 1 is 1.10 bits per heavy atom. The first-order chi connectivity index (χ1) is 9.70. The highest BCUT2D eigenvalue weighted by atomic mass is 15.3. The fourth-order valence-electron chi connectivity index (χ4n) is 1.65. The predicted molar refractivity (Wildman–Crippen MR) is 74.0 cm³/mol. The van der Waals surface area contributed by atoms with Crippen LogP contribution in [-0.4, -0.2) is 29.7 Å². The number of aromatic nitrogens is 6. The van der Waals surface area contributed by atoms with Gasteiger partial charge in [0.1, 0.15) is 11.5 Å². The molecule has 0 spiro atoms. The Hall–Kier alpha value is -3.03. The number of nitrogens with one attached hydrogen (secondary N) is 1. The van der Waals surface area contributed by atoms with Crippen LogP contribution in [0.2, 0.25) is 0 Å². The zero-order chi connectivity index (χ0) is 13.9. The Morgan fingerprint density at radius 2 is 2.00 bits per heavy atom. The quantitative estimate of drug-likeness (QED) is 0.729. The number of anilines is 3. The first-order valence-electron chi connectivity index (χ1n) is 5.87. The van der Waals surface area contributed by atoms with E-state index in [1.165, 1.54) is 6.20 Å². The molecule has 0 aromatic carbocycles. The van der Waals surface area contributed by atoms with Gasteiger partial charge in [-0.1, -0.05) is 0 Å². The summed E-state index contributed by atoms with van der Waals surface area (Å²) >= 11 is 0. The van der Waals surface area contributed by atoms with Crippen LogP contribution in [0.4, 0.5) is 17.5 Å². The molecule has 100 valence electrons. The van der Waals surface area contributed by atoms with E-state index >= 15 is 0 Å². The molecule has 0 bridgehead atoms. The van der Waals surface area contributed by atoms with Crippen molar-refractivity contribution in [1.82, 2.24) is 29.7 Å². The van der Waals surface area contributed by atoms with Crippen LogP contribution in [0, 0.1) is 0 Å². The molecule has 0 saturated heterocycles. The van der Waals surface area contributed by atoms with E-state index in [2.05, 4.69) is 30.4 Å². The Labute approximate surface area is 114 Å². The van der Waals surface area contributed by atoms with E-state index in [0.717, 1.165) is 5.69 Å². The highest BCUT2D eigenvalue weighted by Crippen LogP contribution is 2.16. The van der Waals surface area contributed by atoms with E-state index in [1.807, 2.05) is 13.2 Å². The monoisotopic (exact) mass is 268 g/mol. The van der Waals surface area contributed by atoms with E-state index < -0.39 is 0 Å². The van der Waals surface area contributed by atoms with Gasteiger partial charge in [-0.3, -0.25) is 4.68 Å². The van der Waals surface area contributed by atoms with Crippen LogP contribution in [0.25, 0.3) is 11.4 Å². The molecule has 0 fully saturated rings. The lowest BCUT2D eigenvalue weighted by Crippen LogP contribution is -1.99. The fraction of sp³-hybridized carbons (Fsp3) is 0.0833. The van der Waals surface area contributed by atoms with Crippen molar-refractivity contribution in [1.29, 1.82) is 0 Å². The number of aryl methyl sites for hydroxylation is 1. The van der Waals surface area contributed by atoms with Crippen LogP contribution in [-0.2, 0) is 7.05 Å². The topological polar surface area (TPSA) is 107 Å². The molecule has 0 atom stereocenters. The third kappa shape index (κ3) is 2.53. The van der Waals surface area contributed by atoms with E-state index in [0.29, 0.717) is 23.2 Å². The van der Waals surface area contributed by atoms with Crippen molar-refractivity contribution in [3.8, 4) is 11.4 Å². The van der Waals surface area contributed by atoms with Crippen molar-refractivity contribution in [2.75, 3.05) is 11.1 Å². The van der Waals surface area contributed by atoms with Crippen molar-refractivity contribution in [3.05, 3.63) is 37.1 Å². The highest BCUT2D eigenvalue weighted by Gasteiger charge is 2.05. The molecule has 3 rings (SSSR count). The number of nitrogen functional groups attached to an aromatic ring is 1. The van der Waals surface area contributed by atoms with Crippen molar-refractivity contribution >= 4 is 17.5 Å². The van der Waals surface area contributed by atoms with Gasteiger partial charge in [-0.05, 0) is 6.07 Å². The maximum Gasteiger partial charge on any atom is 0.227 e. The third-order valence-corrected chi connectivity index (χ3v) is 2.55. The average Bonchev–Trinajstić information content (AvgIpc) is 2.85. The molecular formula is C12H12N8. The van der Waals surface area contributed by atoms with Crippen molar-refractivity contribution < 1.29 is 0 Å². The second-order valence-electron chi connectivity index (χ2n) is 4.12. The standard InChI is InChI=1S/C12H12N8/c1-20-7-8(4-17-20)18-12-14-3-2-9(19-12)10-5-16-11(13)6-15-10/h2-7H,1H3,(H2,13,16)(H,14,18,19). The van der Waals surface area contributed by atoms with Crippen LogP contribution in [0.5, 0.6) is 0 Å². The van der Waals surface area contributed by atoms with Gasteiger partial charge in [0.25, 0.3) is 0 Å². The summed E-state index contributed by atoms with van der Waals surface area (Å²) < 4.78 is 1.69. The van der Waals surface area contributed by atoms with E-state index in [4.69, 9.17) is 5.73 Å². The summed E-state index contributed by atoms with van der Waals surface area (Å²) in [4.78, 5) is 16.7. The number of nitrogens with zero attached hydrogens (tertiary/aromatic N) is 6. The number of nitrogens with two attached hydrogens (primary N) is 1. The van der Waals surface area contributed by atoms with Gasteiger partial charge in [0, 0.05) is 19.4 Å². The third-order valence-electron chi connectivity index (χ3n) is 2.55. The molecular weight excluding hydrogens is 256 g/mol. The summed E-state index contributed by atoms with van der Waals surface area (Å²) in [7, 11) is 1.84. The predicted octanol–water partition coefficient (Wildman–Crippen LogP) is 0.993. The molecule has 0 aliphatic carbocycles. The van der Waals surface area contributed by atoms with Crippen molar-refractivity contribution in [2.24, 2.45) is 7.05 Å². The van der Waals surface area contributed by atoms with Gasteiger partial charge in [-0.2, -0.15) is 5.10 Å². The largest absolute Gasteiger partial charge is 0.382 e. The SMILES string of the molecule is Cn1cc(Nc2nccc(-c3cnc(N)cn3)n2)cn1. The summed E-state index contributed by atoms with van der Waals surface area (Å²) in [5, 5.41) is 7.13.